The van der Waals surface area contributed by atoms with E-state index in [-0.39, 0.29) is 0 Å². The van der Waals surface area contributed by atoms with E-state index in [1.807, 2.05) is 43.5 Å². The number of imidazole rings is 1. The van der Waals surface area contributed by atoms with Gasteiger partial charge in [-0.3, -0.25) is 14.5 Å². The molecule has 0 fully saturated rings. The number of benzene rings is 2. The monoisotopic (exact) mass is 479 g/mol. The van der Waals surface area contributed by atoms with Crippen LogP contribution >= 0.6 is 0 Å². The highest BCUT2D eigenvalue weighted by molar-refractivity contribution is 5.86. The maximum absolute atomic E-state index is 11.6. The molecule has 1 aliphatic rings. The first-order chi connectivity index (χ1) is 17.6. The summed E-state index contributed by atoms with van der Waals surface area (Å²) < 4.78 is 13.4. The molecule has 2 aromatic carbocycles. The fourth-order valence-electron chi connectivity index (χ4n) is 4.75. The highest BCUT2D eigenvalue weighted by Crippen LogP contribution is 2.36. The van der Waals surface area contributed by atoms with E-state index in [4.69, 9.17) is 19.2 Å². The third-order valence-corrected chi connectivity index (χ3v) is 6.49. The number of allylic oxidation sites excluding steroid dienone is 1. The van der Waals surface area contributed by atoms with Gasteiger partial charge in [0.1, 0.15) is 17.3 Å². The number of aromatic amines is 1. The second-order valence-corrected chi connectivity index (χ2v) is 8.99. The van der Waals surface area contributed by atoms with E-state index in [0.717, 1.165) is 57.8 Å². The lowest BCUT2D eigenvalue weighted by molar-refractivity contribution is 0.385. The van der Waals surface area contributed by atoms with Gasteiger partial charge in [0.05, 0.1) is 17.6 Å². The Morgan fingerprint density at radius 1 is 1.11 bits per heavy atom. The molecule has 6 rings (SSSR count). The molecule has 1 aliphatic heterocycles. The van der Waals surface area contributed by atoms with Crippen molar-refractivity contribution in [3.8, 4) is 5.75 Å². The summed E-state index contributed by atoms with van der Waals surface area (Å²) in [5.41, 5.74) is 6.68. The number of aromatic nitrogens is 5. The summed E-state index contributed by atoms with van der Waals surface area (Å²) in [7, 11) is 0. The van der Waals surface area contributed by atoms with Crippen LogP contribution in [0.25, 0.3) is 22.4 Å². The molecule has 0 amide bonds. The molecule has 0 spiro atoms. The van der Waals surface area contributed by atoms with Crippen molar-refractivity contribution in [2.24, 2.45) is 0 Å². The third kappa shape index (κ3) is 3.90. The number of nitrogens with one attached hydrogen (secondary N) is 1. The number of pyridine rings is 1. The molecule has 36 heavy (non-hydrogen) atoms. The van der Waals surface area contributed by atoms with Gasteiger partial charge in [-0.2, -0.15) is 0 Å². The van der Waals surface area contributed by atoms with Gasteiger partial charge in [0, 0.05) is 24.6 Å². The summed E-state index contributed by atoms with van der Waals surface area (Å²) in [5, 5.41) is 3.85. The van der Waals surface area contributed by atoms with Gasteiger partial charge in [0.15, 0.2) is 11.6 Å². The Kier molecular flexibility index (Phi) is 5.48. The maximum atomic E-state index is 11.6. The normalized spacial score (nSPS) is 14.2. The van der Waals surface area contributed by atoms with Crippen molar-refractivity contribution < 1.29 is 9.26 Å². The summed E-state index contributed by atoms with van der Waals surface area (Å²) in [5.74, 6) is 2.08. The minimum atomic E-state index is -0.613. The molecule has 8 nitrogen and oxygen atoms in total. The van der Waals surface area contributed by atoms with Crippen molar-refractivity contribution >= 4 is 22.4 Å². The van der Waals surface area contributed by atoms with Crippen LogP contribution in [0.3, 0.4) is 0 Å². The summed E-state index contributed by atoms with van der Waals surface area (Å²) in [6.45, 7) is 4.68. The molecule has 0 aliphatic carbocycles. The SMILES string of the molecule is CCCc1nc2ccccc2n1Cc1cnc2c(c1)Cc1ccccc1OC2=C(C)c1noc(=O)[nH]1. The van der Waals surface area contributed by atoms with Gasteiger partial charge >= 0.3 is 5.76 Å². The highest BCUT2D eigenvalue weighted by atomic mass is 16.5. The maximum Gasteiger partial charge on any atom is 0.439 e. The number of hydrogen-bond acceptors (Lipinski definition) is 6. The predicted octanol–water partition coefficient (Wildman–Crippen LogP) is 4.98. The van der Waals surface area contributed by atoms with Gasteiger partial charge in [-0.25, -0.2) is 9.78 Å². The Labute approximate surface area is 207 Å². The topological polar surface area (TPSA) is 98.8 Å². The van der Waals surface area contributed by atoms with Crippen LogP contribution in [-0.4, -0.2) is 24.7 Å². The summed E-state index contributed by atoms with van der Waals surface area (Å²) in [6.07, 6.45) is 4.50. The second kappa shape index (κ2) is 8.96. The van der Waals surface area contributed by atoms with Crippen LogP contribution in [-0.2, 0) is 19.4 Å². The Bertz CT molecular complexity index is 1670. The minimum Gasteiger partial charge on any atom is -0.454 e. The van der Waals surface area contributed by atoms with Gasteiger partial charge in [0.2, 0.25) is 0 Å². The summed E-state index contributed by atoms with van der Waals surface area (Å²) >= 11 is 0. The molecule has 5 aromatic rings. The average Bonchev–Trinajstić information content (AvgIpc) is 3.42. The smallest absolute Gasteiger partial charge is 0.439 e. The van der Waals surface area contributed by atoms with E-state index in [2.05, 4.69) is 45.9 Å². The van der Waals surface area contributed by atoms with Gasteiger partial charge in [-0.15, -0.1) is 0 Å². The van der Waals surface area contributed by atoms with Crippen LogP contribution in [0.15, 0.2) is 70.1 Å². The van der Waals surface area contributed by atoms with E-state index in [0.29, 0.717) is 30.1 Å². The molecule has 180 valence electrons. The highest BCUT2D eigenvalue weighted by Gasteiger charge is 2.24. The number of hydrogen-bond donors (Lipinski definition) is 1. The number of rotatable bonds is 5. The summed E-state index contributed by atoms with van der Waals surface area (Å²) in [6, 6.07) is 18.4. The van der Waals surface area contributed by atoms with Crippen LogP contribution in [0.5, 0.6) is 5.75 Å². The lowest BCUT2D eigenvalue weighted by Gasteiger charge is -2.14. The van der Waals surface area contributed by atoms with Gasteiger partial charge in [-0.1, -0.05) is 42.4 Å². The molecule has 1 N–H and O–H groups in total. The van der Waals surface area contributed by atoms with Crippen molar-refractivity contribution in [2.45, 2.75) is 39.7 Å². The fourth-order valence-corrected chi connectivity index (χ4v) is 4.75. The minimum absolute atomic E-state index is 0.320. The number of para-hydroxylation sites is 3. The van der Waals surface area contributed by atoms with Crippen molar-refractivity contribution in [3.63, 3.8) is 0 Å². The molecule has 8 heteroatoms. The van der Waals surface area contributed by atoms with Crippen molar-refractivity contribution in [1.29, 1.82) is 0 Å². The Hall–Kier alpha value is -4.46. The Morgan fingerprint density at radius 3 is 2.78 bits per heavy atom. The first-order valence-electron chi connectivity index (χ1n) is 12.1. The Balaban J connectivity index is 1.47. The quantitative estimate of drug-likeness (QED) is 0.382. The third-order valence-electron chi connectivity index (χ3n) is 6.49. The van der Waals surface area contributed by atoms with E-state index in [1.54, 1.807) is 0 Å². The van der Waals surface area contributed by atoms with E-state index < -0.39 is 5.76 Å². The van der Waals surface area contributed by atoms with Gasteiger partial charge in [-0.05, 0) is 54.3 Å². The number of ether oxygens (including phenoxy) is 1. The lowest BCUT2D eigenvalue weighted by atomic mass is 10.0. The van der Waals surface area contributed by atoms with Crippen molar-refractivity contribution in [1.82, 2.24) is 24.7 Å². The summed E-state index contributed by atoms with van der Waals surface area (Å²) in [4.78, 5) is 23.9. The molecular weight excluding hydrogens is 454 g/mol. The molecule has 0 unspecified atom stereocenters. The van der Waals surface area contributed by atoms with Gasteiger partial charge in [0.25, 0.3) is 0 Å². The van der Waals surface area contributed by atoms with E-state index in [9.17, 15) is 4.79 Å². The predicted molar refractivity (Wildman–Crippen MR) is 137 cm³/mol. The molecule has 3 aromatic heterocycles. The van der Waals surface area contributed by atoms with Crippen molar-refractivity contribution in [3.05, 3.63) is 105 Å². The zero-order chi connectivity index (χ0) is 24.6. The zero-order valence-electron chi connectivity index (χ0n) is 20.1. The van der Waals surface area contributed by atoms with E-state index in [1.165, 1.54) is 0 Å². The number of H-pyrrole nitrogens is 1. The van der Waals surface area contributed by atoms with Crippen LogP contribution in [0, 0.1) is 0 Å². The second-order valence-electron chi connectivity index (χ2n) is 8.99. The molecule has 4 heterocycles. The lowest BCUT2D eigenvalue weighted by Crippen LogP contribution is -2.08. The van der Waals surface area contributed by atoms with Crippen LogP contribution in [0.4, 0.5) is 0 Å². The van der Waals surface area contributed by atoms with Crippen molar-refractivity contribution in [2.75, 3.05) is 0 Å². The molecule has 0 saturated heterocycles. The standard InChI is InChI=1S/C28H25N5O3/c1-3-8-24-30-21-10-5-6-11-22(21)33(24)16-18-13-20-14-19-9-4-7-12-23(19)35-26(25(20)29-15-18)17(2)27-31-28(34)36-32-27/h4-7,9-13,15H,3,8,14,16H2,1-2H3,(H,31,32,34). The molecular formula is C28H25N5O3. The van der Waals surface area contributed by atoms with E-state index >= 15 is 0 Å². The van der Waals surface area contributed by atoms with Crippen LogP contribution < -0.4 is 10.5 Å². The molecule has 0 radical (unpaired) electrons. The largest absolute Gasteiger partial charge is 0.454 e. The number of aryl methyl sites for hydroxylation is 1. The Morgan fingerprint density at radius 2 is 1.94 bits per heavy atom. The number of nitrogens with zero attached hydrogens (tertiary/aromatic N) is 4. The molecule has 0 saturated carbocycles. The fraction of sp³-hybridized carbons (Fsp3) is 0.214. The molecule has 0 atom stereocenters. The van der Waals surface area contributed by atoms with Crippen LogP contribution in [0.1, 0.15) is 54.3 Å². The molecule has 0 bridgehead atoms. The first kappa shape index (κ1) is 22.0. The first-order valence-corrected chi connectivity index (χ1v) is 12.1. The van der Waals surface area contributed by atoms with Crippen LogP contribution in [0.2, 0.25) is 0 Å². The average molecular weight is 480 g/mol. The van der Waals surface area contributed by atoms with Gasteiger partial charge < -0.3 is 9.30 Å². The zero-order valence-corrected chi connectivity index (χ0v) is 20.1. The number of fused-ring (bicyclic) bond motifs is 3.